The maximum Gasteiger partial charge on any atom is 0.236 e. The molecule has 1 aromatic heterocycles. The van der Waals surface area contributed by atoms with E-state index in [0.29, 0.717) is 12.5 Å². The molecule has 0 saturated carbocycles. The molecule has 0 radical (unpaired) electrons. The lowest BCUT2D eigenvalue weighted by atomic mass is 10.2. The van der Waals surface area contributed by atoms with Gasteiger partial charge in [0.2, 0.25) is 11.1 Å². The van der Waals surface area contributed by atoms with Gasteiger partial charge in [0.15, 0.2) is 0 Å². The number of benzene rings is 1. The highest BCUT2D eigenvalue weighted by atomic mass is 32.1. The topological polar surface area (TPSA) is 77.5 Å². The van der Waals surface area contributed by atoms with Gasteiger partial charge in [-0.25, -0.2) is 0 Å². The van der Waals surface area contributed by atoms with Crippen LogP contribution in [0.25, 0.3) is 0 Å². The van der Waals surface area contributed by atoms with Gasteiger partial charge in [0.1, 0.15) is 11.5 Å². The van der Waals surface area contributed by atoms with Gasteiger partial charge < -0.3 is 24.8 Å². The SMILES string of the molecule is COCCCNc1nsc(NCc2ccc(OC)cc2OC)n1. The second kappa shape index (κ2) is 9.16. The van der Waals surface area contributed by atoms with Crippen molar-refractivity contribution in [2.24, 2.45) is 0 Å². The van der Waals surface area contributed by atoms with Crippen LogP contribution in [0.15, 0.2) is 18.2 Å². The van der Waals surface area contributed by atoms with E-state index in [-0.39, 0.29) is 0 Å². The number of aromatic nitrogens is 2. The summed E-state index contributed by atoms with van der Waals surface area (Å²) in [5.41, 5.74) is 1.03. The number of methoxy groups -OCH3 is 3. The highest BCUT2D eigenvalue weighted by Crippen LogP contribution is 2.25. The molecular weight excluding hydrogens is 316 g/mol. The monoisotopic (exact) mass is 338 g/mol. The molecule has 2 rings (SSSR count). The summed E-state index contributed by atoms with van der Waals surface area (Å²) >= 11 is 1.32. The largest absolute Gasteiger partial charge is 0.497 e. The Labute approximate surface area is 140 Å². The second-order valence-electron chi connectivity index (χ2n) is 4.73. The fraction of sp³-hybridized carbons (Fsp3) is 0.467. The second-order valence-corrected chi connectivity index (χ2v) is 5.48. The summed E-state index contributed by atoms with van der Waals surface area (Å²) in [5.74, 6) is 2.18. The van der Waals surface area contributed by atoms with E-state index in [1.807, 2.05) is 18.2 Å². The van der Waals surface area contributed by atoms with Crippen LogP contribution in [0, 0.1) is 0 Å². The number of hydrogen-bond acceptors (Lipinski definition) is 8. The molecule has 0 saturated heterocycles. The molecular formula is C15H22N4O3S. The van der Waals surface area contributed by atoms with Gasteiger partial charge in [-0.15, -0.1) is 0 Å². The first-order valence-corrected chi connectivity index (χ1v) is 8.05. The van der Waals surface area contributed by atoms with E-state index in [1.165, 1.54) is 11.5 Å². The van der Waals surface area contributed by atoms with E-state index in [2.05, 4.69) is 20.0 Å². The number of hydrogen-bond donors (Lipinski definition) is 2. The van der Waals surface area contributed by atoms with Crippen LogP contribution in [-0.2, 0) is 11.3 Å². The van der Waals surface area contributed by atoms with Crippen molar-refractivity contribution in [1.82, 2.24) is 9.36 Å². The van der Waals surface area contributed by atoms with Crippen molar-refractivity contribution in [2.75, 3.05) is 45.1 Å². The fourth-order valence-electron chi connectivity index (χ4n) is 1.95. The zero-order chi connectivity index (χ0) is 16.5. The van der Waals surface area contributed by atoms with E-state index >= 15 is 0 Å². The standard InChI is InChI=1S/C15H22N4O3S/c1-20-8-4-7-16-14-18-15(23-19-14)17-10-11-5-6-12(21-2)9-13(11)22-3/h5-6,9H,4,7-8,10H2,1-3H3,(H2,16,17,18,19). The predicted molar refractivity (Wildman–Crippen MR) is 91.8 cm³/mol. The molecule has 0 aliphatic heterocycles. The fourth-order valence-corrected chi connectivity index (χ4v) is 2.49. The van der Waals surface area contributed by atoms with Crippen molar-refractivity contribution < 1.29 is 14.2 Å². The molecule has 7 nitrogen and oxygen atoms in total. The van der Waals surface area contributed by atoms with Gasteiger partial charge in [0, 0.05) is 50.0 Å². The number of anilines is 2. The Bertz CT molecular complexity index is 606. The molecule has 1 aromatic carbocycles. The van der Waals surface area contributed by atoms with E-state index in [9.17, 15) is 0 Å². The molecule has 0 amide bonds. The lowest BCUT2D eigenvalue weighted by Crippen LogP contribution is -2.06. The van der Waals surface area contributed by atoms with E-state index in [4.69, 9.17) is 14.2 Å². The van der Waals surface area contributed by atoms with Gasteiger partial charge in [-0.1, -0.05) is 0 Å². The Morgan fingerprint density at radius 1 is 1.13 bits per heavy atom. The first kappa shape index (κ1) is 17.3. The van der Waals surface area contributed by atoms with Gasteiger partial charge in [-0.2, -0.15) is 9.36 Å². The molecule has 126 valence electrons. The van der Waals surface area contributed by atoms with E-state index < -0.39 is 0 Å². The van der Waals surface area contributed by atoms with Crippen molar-refractivity contribution in [3.8, 4) is 11.5 Å². The molecule has 0 atom stereocenters. The molecule has 0 aliphatic carbocycles. The lowest BCUT2D eigenvalue weighted by molar-refractivity contribution is 0.197. The minimum absolute atomic E-state index is 0.603. The van der Waals surface area contributed by atoms with Crippen molar-refractivity contribution >= 4 is 22.6 Å². The van der Waals surface area contributed by atoms with Gasteiger partial charge in [0.05, 0.1) is 14.2 Å². The Kier molecular flexibility index (Phi) is 6.89. The molecule has 1 heterocycles. The van der Waals surface area contributed by atoms with Crippen LogP contribution in [0.2, 0.25) is 0 Å². The van der Waals surface area contributed by atoms with Crippen LogP contribution in [0.5, 0.6) is 11.5 Å². The molecule has 0 spiro atoms. The number of ether oxygens (including phenoxy) is 3. The normalized spacial score (nSPS) is 10.4. The Morgan fingerprint density at radius 3 is 2.74 bits per heavy atom. The van der Waals surface area contributed by atoms with Crippen molar-refractivity contribution in [3.05, 3.63) is 23.8 Å². The van der Waals surface area contributed by atoms with Crippen LogP contribution in [0.4, 0.5) is 11.1 Å². The van der Waals surface area contributed by atoms with Crippen LogP contribution >= 0.6 is 11.5 Å². The highest BCUT2D eigenvalue weighted by Gasteiger charge is 2.07. The summed E-state index contributed by atoms with van der Waals surface area (Å²) in [6.45, 7) is 2.11. The third-order valence-electron chi connectivity index (χ3n) is 3.16. The lowest BCUT2D eigenvalue weighted by Gasteiger charge is -2.10. The number of rotatable bonds is 10. The molecule has 0 fully saturated rings. The van der Waals surface area contributed by atoms with Gasteiger partial charge in [-0.05, 0) is 18.6 Å². The first-order chi connectivity index (χ1) is 11.3. The maximum absolute atomic E-state index is 5.38. The summed E-state index contributed by atoms with van der Waals surface area (Å²) in [4.78, 5) is 4.39. The first-order valence-electron chi connectivity index (χ1n) is 7.28. The third-order valence-corrected chi connectivity index (χ3v) is 3.83. The number of nitrogens with one attached hydrogen (secondary N) is 2. The molecule has 8 heteroatoms. The molecule has 2 N–H and O–H groups in total. The number of nitrogens with zero attached hydrogens (tertiary/aromatic N) is 2. The Morgan fingerprint density at radius 2 is 2.00 bits per heavy atom. The third kappa shape index (κ3) is 5.26. The molecule has 0 unspecified atom stereocenters. The highest BCUT2D eigenvalue weighted by molar-refractivity contribution is 7.09. The summed E-state index contributed by atoms with van der Waals surface area (Å²) < 4.78 is 19.8. The maximum atomic E-state index is 5.38. The van der Waals surface area contributed by atoms with Crippen molar-refractivity contribution in [1.29, 1.82) is 0 Å². The van der Waals surface area contributed by atoms with Gasteiger partial charge >= 0.3 is 0 Å². The quantitative estimate of drug-likeness (QED) is 0.645. The molecule has 0 aliphatic rings. The average molecular weight is 338 g/mol. The Hall–Kier alpha value is -2.06. The zero-order valence-electron chi connectivity index (χ0n) is 13.6. The van der Waals surface area contributed by atoms with Gasteiger partial charge in [0.25, 0.3) is 0 Å². The van der Waals surface area contributed by atoms with Crippen LogP contribution in [0.1, 0.15) is 12.0 Å². The summed E-state index contributed by atoms with van der Waals surface area (Å²) in [5, 5.41) is 7.18. The summed E-state index contributed by atoms with van der Waals surface area (Å²) in [6.07, 6.45) is 0.918. The zero-order valence-corrected chi connectivity index (χ0v) is 14.4. The predicted octanol–water partition coefficient (Wildman–Crippen LogP) is 2.62. The average Bonchev–Trinajstić information content (AvgIpc) is 3.04. The smallest absolute Gasteiger partial charge is 0.236 e. The minimum atomic E-state index is 0.603. The van der Waals surface area contributed by atoms with Gasteiger partial charge in [-0.3, -0.25) is 0 Å². The van der Waals surface area contributed by atoms with Crippen LogP contribution in [0.3, 0.4) is 0 Å². The molecule has 2 aromatic rings. The summed E-state index contributed by atoms with van der Waals surface area (Å²) in [7, 11) is 4.97. The van der Waals surface area contributed by atoms with Crippen LogP contribution < -0.4 is 20.1 Å². The summed E-state index contributed by atoms with van der Waals surface area (Å²) in [6, 6.07) is 5.73. The van der Waals surface area contributed by atoms with E-state index in [0.717, 1.165) is 41.8 Å². The van der Waals surface area contributed by atoms with E-state index in [1.54, 1.807) is 21.3 Å². The molecule has 23 heavy (non-hydrogen) atoms. The Balaban J connectivity index is 1.87. The minimum Gasteiger partial charge on any atom is -0.497 e. The van der Waals surface area contributed by atoms with Crippen LogP contribution in [-0.4, -0.2) is 43.8 Å². The van der Waals surface area contributed by atoms with Crippen molar-refractivity contribution in [2.45, 2.75) is 13.0 Å². The van der Waals surface area contributed by atoms with Crippen molar-refractivity contribution in [3.63, 3.8) is 0 Å². The molecule has 0 bridgehead atoms.